The number of esters is 1. The van der Waals surface area contributed by atoms with Crippen molar-refractivity contribution in [3.05, 3.63) is 77.9 Å². The van der Waals surface area contributed by atoms with Crippen LogP contribution in [0.5, 0.6) is 0 Å². The van der Waals surface area contributed by atoms with Gasteiger partial charge in [0.1, 0.15) is 0 Å². The van der Waals surface area contributed by atoms with E-state index in [1.54, 1.807) is 6.08 Å². The molecule has 0 radical (unpaired) electrons. The fourth-order valence-electron chi connectivity index (χ4n) is 2.32. The first kappa shape index (κ1) is 17.5. The lowest BCUT2D eigenvalue weighted by atomic mass is 10.0. The summed E-state index contributed by atoms with van der Waals surface area (Å²) in [6, 6.07) is 19.2. The van der Waals surface area contributed by atoms with Crippen molar-refractivity contribution in [2.45, 2.75) is 13.5 Å². The van der Waals surface area contributed by atoms with Crippen LogP contribution in [-0.2, 0) is 20.9 Å². The molecule has 0 heterocycles. The molecule has 0 aliphatic heterocycles. The van der Waals surface area contributed by atoms with Crippen molar-refractivity contribution in [3.63, 3.8) is 0 Å². The summed E-state index contributed by atoms with van der Waals surface area (Å²) in [7, 11) is 1.28. The number of ether oxygens (including phenoxy) is 1. The summed E-state index contributed by atoms with van der Waals surface area (Å²) in [6.07, 6.45) is 1.64. The Hall–Kier alpha value is -2.88. The first-order valence-corrected chi connectivity index (χ1v) is 7.75. The van der Waals surface area contributed by atoms with Crippen molar-refractivity contribution in [1.82, 2.24) is 5.32 Å². The summed E-state index contributed by atoms with van der Waals surface area (Å²) in [5.74, 6) is -1.92. The highest BCUT2D eigenvalue weighted by atomic mass is 16.5. The minimum Gasteiger partial charge on any atom is -0.468 e. The highest BCUT2D eigenvalue weighted by Crippen LogP contribution is 2.17. The molecule has 4 heteroatoms. The fourth-order valence-corrected chi connectivity index (χ4v) is 2.32. The number of methoxy groups -OCH3 is 1. The molecule has 0 saturated carbocycles. The molecule has 0 fully saturated rings. The number of allylic oxidation sites excluding steroid dienone is 1. The van der Waals surface area contributed by atoms with E-state index in [1.807, 2.05) is 67.6 Å². The van der Waals surface area contributed by atoms with Crippen molar-refractivity contribution in [1.29, 1.82) is 0 Å². The summed E-state index contributed by atoms with van der Waals surface area (Å²) in [6.45, 7) is 2.24. The largest absolute Gasteiger partial charge is 0.468 e. The first-order chi connectivity index (χ1) is 11.6. The van der Waals surface area contributed by atoms with Crippen molar-refractivity contribution in [3.8, 4) is 0 Å². The molecular weight excluding hydrogens is 302 g/mol. The molecule has 124 valence electrons. The maximum absolute atomic E-state index is 12.4. The van der Waals surface area contributed by atoms with E-state index in [0.29, 0.717) is 6.54 Å². The number of benzene rings is 2. The smallest absolute Gasteiger partial charge is 0.322 e. The van der Waals surface area contributed by atoms with Gasteiger partial charge in [-0.2, -0.15) is 0 Å². The van der Waals surface area contributed by atoms with Crippen molar-refractivity contribution < 1.29 is 14.3 Å². The second kappa shape index (κ2) is 8.67. The molecule has 0 aromatic heterocycles. The number of amides is 1. The quantitative estimate of drug-likeness (QED) is 0.656. The van der Waals surface area contributed by atoms with E-state index < -0.39 is 11.9 Å². The summed E-state index contributed by atoms with van der Waals surface area (Å²) >= 11 is 0. The van der Waals surface area contributed by atoms with E-state index in [2.05, 4.69) is 5.32 Å². The van der Waals surface area contributed by atoms with Gasteiger partial charge in [0.25, 0.3) is 0 Å². The molecule has 1 N–H and O–H groups in total. The van der Waals surface area contributed by atoms with Crippen LogP contribution in [0, 0.1) is 5.92 Å². The van der Waals surface area contributed by atoms with Gasteiger partial charge in [-0.15, -0.1) is 0 Å². The first-order valence-electron chi connectivity index (χ1n) is 7.75. The van der Waals surface area contributed by atoms with Crippen LogP contribution in [0.1, 0.15) is 18.1 Å². The topological polar surface area (TPSA) is 55.4 Å². The zero-order valence-electron chi connectivity index (χ0n) is 13.9. The van der Waals surface area contributed by atoms with Crippen molar-refractivity contribution in [2.24, 2.45) is 5.92 Å². The molecule has 1 amide bonds. The monoisotopic (exact) mass is 323 g/mol. The Labute approximate surface area is 142 Å². The predicted molar refractivity (Wildman–Crippen MR) is 93.9 cm³/mol. The maximum atomic E-state index is 12.4. The Balaban J connectivity index is 2.13. The van der Waals surface area contributed by atoms with Gasteiger partial charge in [-0.1, -0.05) is 66.7 Å². The van der Waals surface area contributed by atoms with Crippen molar-refractivity contribution in [2.75, 3.05) is 7.11 Å². The molecule has 0 saturated heterocycles. The summed E-state index contributed by atoms with van der Waals surface area (Å²) in [5, 5.41) is 2.79. The van der Waals surface area contributed by atoms with Gasteiger partial charge in [-0.25, -0.2) is 0 Å². The van der Waals surface area contributed by atoms with Crippen LogP contribution in [0.4, 0.5) is 0 Å². The molecule has 0 aliphatic carbocycles. The summed E-state index contributed by atoms with van der Waals surface area (Å²) in [4.78, 5) is 24.4. The molecule has 1 atom stereocenters. The third-order valence-corrected chi connectivity index (χ3v) is 3.69. The molecular formula is C20H21NO3. The van der Waals surface area contributed by atoms with Gasteiger partial charge < -0.3 is 10.1 Å². The molecule has 2 aromatic rings. The Kier molecular flexibility index (Phi) is 6.32. The second-order valence-corrected chi connectivity index (χ2v) is 5.42. The number of carbonyl (C=O) groups excluding carboxylic acids is 2. The number of hydrogen-bond acceptors (Lipinski definition) is 3. The van der Waals surface area contributed by atoms with E-state index in [0.717, 1.165) is 16.7 Å². The number of nitrogens with one attached hydrogen (secondary N) is 1. The number of hydrogen-bond donors (Lipinski definition) is 1. The molecule has 2 rings (SSSR count). The summed E-state index contributed by atoms with van der Waals surface area (Å²) in [5.41, 5.74) is 2.78. The Morgan fingerprint density at radius 1 is 1.04 bits per heavy atom. The standard InChI is InChI=1S/C20H21NO3/c1-15(17-11-7-4-8-12-17)13-18(20(23)24-2)19(22)21-14-16-9-5-3-6-10-16/h3-13,18H,14H2,1-2H3,(H,21,22)/b15-13+. The molecule has 4 nitrogen and oxygen atoms in total. The molecule has 0 aliphatic rings. The summed E-state index contributed by atoms with van der Waals surface area (Å²) < 4.78 is 4.78. The van der Waals surface area contributed by atoms with E-state index in [1.165, 1.54) is 7.11 Å². The van der Waals surface area contributed by atoms with Crippen LogP contribution in [0.25, 0.3) is 5.57 Å². The lowest BCUT2D eigenvalue weighted by Gasteiger charge is -2.13. The SMILES string of the molecule is COC(=O)C(/C=C(\C)c1ccccc1)C(=O)NCc1ccccc1. The fraction of sp³-hybridized carbons (Fsp3) is 0.200. The molecule has 24 heavy (non-hydrogen) atoms. The third-order valence-electron chi connectivity index (χ3n) is 3.69. The number of carbonyl (C=O) groups is 2. The lowest BCUT2D eigenvalue weighted by molar-refractivity contribution is -0.147. The average molecular weight is 323 g/mol. The minimum atomic E-state index is -0.973. The maximum Gasteiger partial charge on any atom is 0.322 e. The van der Waals surface area contributed by atoms with E-state index in [-0.39, 0.29) is 5.91 Å². The van der Waals surface area contributed by atoms with E-state index >= 15 is 0 Å². The lowest BCUT2D eigenvalue weighted by Crippen LogP contribution is -2.34. The van der Waals surface area contributed by atoms with Gasteiger partial charge in [0.05, 0.1) is 7.11 Å². The van der Waals surface area contributed by atoms with Crippen molar-refractivity contribution >= 4 is 17.4 Å². The molecule has 1 unspecified atom stereocenters. The van der Waals surface area contributed by atoms with E-state index in [4.69, 9.17) is 4.74 Å². The normalized spacial score (nSPS) is 12.3. The molecule has 2 aromatic carbocycles. The van der Waals surface area contributed by atoms with Crippen LogP contribution >= 0.6 is 0 Å². The zero-order valence-corrected chi connectivity index (χ0v) is 13.9. The van der Waals surface area contributed by atoms with Crippen LogP contribution in [-0.4, -0.2) is 19.0 Å². The third kappa shape index (κ3) is 4.81. The highest BCUT2D eigenvalue weighted by molar-refractivity contribution is 6.01. The van der Waals surface area contributed by atoms with Crippen LogP contribution in [0.3, 0.4) is 0 Å². The average Bonchev–Trinajstić information content (AvgIpc) is 2.65. The predicted octanol–water partition coefficient (Wildman–Crippen LogP) is 3.20. The van der Waals surface area contributed by atoms with Gasteiger partial charge in [0.15, 0.2) is 5.92 Å². The molecule has 0 spiro atoms. The Bertz CT molecular complexity index is 708. The van der Waals surface area contributed by atoms with Gasteiger partial charge in [0.2, 0.25) is 5.91 Å². The van der Waals surface area contributed by atoms with E-state index in [9.17, 15) is 9.59 Å². The second-order valence-electron chi connectivity index (χ2n) is 5.42. The molecule has 0 bridgehead atoms. The van der Waals surface area contributed by atoms with Gasteiger partial charge in [0, 0.05) is 6.54 Å². The van der Waals surface area contributed by atoms with Gasteiger partial charge in [-0.3, -0.25) is 9.59 Å². The highest BCUT2D eigenvalue weighted by Gasteiger charge is 2.25. The Morgan fingerprint density at radius 2 is 1.62 bits per heavy atom. The van der Waals surface area contributed by atoms with Crippen LogP contribution in [0.2, 0.25) is 0 Å². The van der Waals surface area contributed by atoms with Crippen LogP contribution in [0.15, 0.2) is 66.7 Å². The minimum absolute atomic E-state index is 0.366. The zero-order chi connectivity index (χ0) is 17.4. The van der Waals surface area contributed by atoms with Gasteiger partial charge in [-0.05, 0) is 23.6 Å². The van der Waals surface area contributed by atoms with Crippen LogP contribution < -0.4 is 5.32 Å². The van der Waals surface area contributed by atoms with Gasteiger partial charge >= 0.3 is 5.97 Å². The number of rotatable bonds is 6. The Morgan fingerprint density at radius 3 is 2.21 bits per heavy atom.